The molecule has 0 aliphatic carbocycles. The summed E-state index contributed by atoms with van der Waals surface area (Å²) in [5.41, 5.74) is 2.33. The lowest BCUT2D eigenvalue weighted by atomic mass is 9.85. The van der Waals surface area contributed by atoms with Crippen LogP contribution in [0.5, 0.6) is 5.75 Å². The van der Waals surface area contributed by atoms with E-state index < -0.39 is 0 Å². The van der Waals surface area contributed by atoms with Crippen LogP contribution >= 0.6 is 35.3 Å². The van der Waals surface area contributed by atoms with Crippen LogP contribution < -0.4 is 15.4 Å². The fraction of sp³-hybridized carbons (Fsp3) is 0.524. The summed E-state index contributed by atoms with van der Waals surface area (Å²) in [4.78, 5) is 10.7. The van der Waals surface area contributed by atoms with Crippen LogP contribution in [-0.2, 0) is 11.8 Å². The van der Waals surface area contributed by atoms with E-state index in [1.54, 1.807) is 18.4 Å². The number of ether oxygens (including phenoxy) is 1. The predicted octanol–water partition coefficient (Wildman–Crippen LogP) is 4.46. The van der Waals surface area contributed by atoms with Gasteiger partial charge in [0.05, 0.1) is 24.4 Å². The van der Waals surface area contributed by atoms with E-state index in [-0.39, 0.29) is 29.4 Å². The molecular weight excluding hydrogens is 483 g/mol. The second kappa shape index (κ2) is 11.6. The number of methoxy groups -OCH3 is 1. The van der Waals surface area contributed by atoms with E-state index in [2.05, 4.69) is 62.4 Å². The average Bonchev–Trinajstić information content (AvgIpc) is 2.97. The summed E-state index contributed by atoms with van der Waals surface area (Å²) in [6.45, 7) is 13.0. The molecule has 2 aromatic rings. The van der Waals surface area contributed by atoms with Gasteiger partial charge in [-0.05, 0) is 38.5 Å². The molecule has 28 heavy (non-hydrogen) atoms. The normalized spacial score (nSPS) is 11.7. The molecule has 0 spiro atoms. The third-order valence-electron chi connectivity index (χ3n) is 4.55. The number of hydrogen-bond donors (Lipinski definition) is 2. The number of hydrogen-bond acceptors (Lipinski definition) is 4. The maximum Gasteiger partial charge on any atom is 0.191 e. The molecule has 1 aromatic heterocycles. The Morgan fingerprint density at radius 1 is 1.18 bits per heavy atom. The van der Waals surface area contributed by atoms with Crippen molar-refractivity contribution in [1.29, 1.82) is 0 Å². The largest absolute Gasteiger partial charge is 0.497 e. The van der Waals surface area contributed by atoms with Gasteiger partial charge >= 0.3 is 0 Å². The Hall–Kier alpha value is -1.35. The Kier molecular flexibility index (Phi) is 10.2. The van der Waals surface area contributed by atoms with E-state index in [4.69, 9.17) is 9.73 Å². The standard InChI is InChI=1S/C21H32N4OS.HI/c1-7-22-20(23-13-12-19-25-15(2)16(3)27-19)24-14-21(4,5)17-8-10-18(26-6)11-9-17;/h8-11H,7,12-14H2,1-6H3,(H2,22,23,24);1H. The minimum Gasteiger partial charge on any atom is -0.497 e. The van der Waals surface area contributed by atoms with Crippen LogP contribution in [0, 0.1) is 13.8 Å². The van der Waals surface area contributed by atoms with Gasteiger partial charge in [0.15, 0.2) is 5.96 Å². The highest BCUT2D eigenvalue weighted by atomic mass is 127. The second-order valence-corrected chi connectivity index (χ2v) is 8.52. The molecule has 7 heteroatoms. The molecule has 0 bridgehead atoms. The van der Waals surface area contributed by atoms with E-state index in [1.807, 2.05) is 12.1 Å². The molecular formula is C21H33IN4OS. The first-order valence-electron chi connectivity index (χ1n) is 9.45. The lowest BCUT2D eigenvalue weighted by molar-refractivity contribution is 0.414. The van der Waals surface area contributed by atoms with Crippen molar-refractivity contribution in [1.82, 2.24) is 15.6 Å². The number of thiazole rings is 1. The molecule has 1 aromatic carbocycles. The number of nitrogens with one attached hydrogen (secondary N) is 2. The maximum absolute atomic E-state index is 5.25. The molecule has 0 saturated heterocycles. The highest BCUT2D eigenvalue weighted by Crippen LogP contribution is 2.25. The van der Waals surface area contributed by atoms with E-state index >= 15 is 0 Å². The topological polar surface area (TPSA) is 58.5 Å². The summed E-state index contributed by atoms with van der Waals surface area (Å²) >= 11 is 1.78. The van der Waals surface area contributed by atoms with E-state index in [9.17, 15) is 0 Å². The fourth-order valence-electron chi connectivity index (χ4n) is 2.69. The third-order valence-corrected chi connectivity index (χ3v) is 5.68. The van der Waals surface area contributed by atoms with Crippen LogP contribution in [0.4, 0.5) is 0 Å². The van der Waals surface area contributed by atoms with Crippen molar-refractivity contribution in [2.45, 2.75) is 46.5 Å². The smallest absolute Gasteiger partial charge is 0.191 e. The SMILES string of the molecule is CCNC(=NCC(C)(C)c1ccc(OC)cc1)NCCc1nc(C)c(C)s1.I. The first kappa shape index (κ1) is 24.7. The molecule has 156 valence electrons. The number of aryl methyl sites for hydroxylation is 2. The molecule has 0 aliphatic heterocycles. The number of aromatic nitrogens is 1. The van der Waals surface area contributed by atoms with Gasteiger partial charge in [0.1, 0.15) is 5.75 Å². The highest BCUT2D eigenvalue weighted by Gasteiger charge is 2.20. The minimum absolute atomic E-state index is 0. The van der Waals surface area contributed by atoms with Crippen molar-refractivity contribution in [2.24, 2.45) is 4.99 Å². The van der Waals surface area contributed by atoms with Crippen LogP contribution in [0.25, 0.3) is 0 Å². The van der Waals surface area contributed by atoms with Gasteiger partial charge in [-0.15, -0.1) is 35.3 Å². The van der Waals surface area contributed by atoms with Crippen LogP contribution in [0.2, 0.25) is 0 Å². The number of benzene rings is 1. The lowest BCUT2D eigenvalue weighted by Gasteiger charge is -2.24. The number of rotatable bonds is 8. The summed E-state index contributed by atoms with van der Waals surface area (Å²) < 4.78 is 5.25. The molecule has 2 N–H and O–H groups in total. The first-order valence-corrected chi connectivity index (χ1v) is 10.3. The molecule has 0 unspecified atom stereocenters. The zero-order valence-electron chi connectivity index (χ0n) is 17.8. The van der Waals surface area contributed by atoms with Gasteiger partial charge in [0, 0.05) is 29.8 Å². The van der Waals surface area contributed by atoms with Gasteiger partial charge in [-0.2, -0.15) is 0 Å². The van der Waals surface area contributed by atoms with Crippen LogP contribution in [0.3, 0.4) is 0 Å². The summed E-state index contributed by atoms with van der Waals surface area (Å²) in [6.07, 6.45) is 0.908. The fourth-order valence-corrected chi connectivity index (χ4v) is 3.62. The molecule has 0 amide bonds. The first-order chi connectivity index (χ1) is 12.9. The van der Waals surface area contributed by atoms with Crippen LogP contribution in [0.15, 0.2) is 29.3 Å². The van der Waals surface area contributed by atoms with Crippen molar-refractivity contribution in [3.63, 3.8) is 0 Å². The number of guanidine groups is 1. The Balaban J connectivity index is 0.00000392. The molecule has 0 atom stereocenters. The van der Waals surface area contributed by atoms with E-state index in [1.165, 1.54) is 15.4 Å². The lowest BCUT2D eigenvalue weighted by Crippen LogP contribution is -2.39. The molecule has 5 nitrogen and oxygen atoms in total. The third kappa shape index (κ3) is 7.24. The summed E-state index contributed by atoms with van der Waals surface area (Å²) in [7, 11) is 1.69. The second-order valence-electron chi connectivity index (χ2n) is 7.23. The van der Waals surface area contributed by atoms with Crippen molar-refractivity contribution in [3.05, 3.63) is 45.4 Å². The molecule has 0 saturated carbocycles. The van der Waals surface area contributed by atoms with Gasteiger partial charge in [0.25, 0.3) is 0 Å². The maximum atomic E-state index is 5.25. The summed E-state index contributed by atoms with van der Waals surface area (Å²) in [5.74, 6) is 1.73. The monoisotopic (exact) mass is 516 g/mol. The van der Waals surface area contributed by atoms with Crippen LogP contribution in [-0.4, -0.2) is 37.7 Å². The number of aliphatic imine (C=N–C) groups is 1. The molecule has 0 radical (unpaired) electrons. The quantitative estimate of drug-likeness (QED) is 0.309. The van der Waals surface area contributed by atoms with Crippen molar-refractivity contribution >= 4 is 41.3 Å². The summed E-state index contributed by atoms with van der Waals surface area (Å²) in [6, 6.07) is 8.23. The molecule has 1 heterocycles. The Morgan fingerprint density at radius 2 is 1.86 bits per heavy atom. The van der Waals surface area contributed by atoms with Crippen molar-refractivity contribution < 1.29 is 4.74 Å². The predicted molar refractivity (Wildman–Crippen MR) is 131 cm³/mol. The minimum atomic E-state index is -0.0574. The van der Waals surface area contributed by atoms with Crippen molar-refractivity contribution in [3.8, 4) is 5.75 Å². The van der Waals surface area contributed by atoms with Crippen LogP contribution in [0.1, 0.15) is 41.9 Å². The molecule has 2 rings (SSSR count). The highest BCUT2D eigenvalue weighted by molar-refractivity contribution is 14.0. The Bertz CT molecular complexity index is 737. The zero-order valence-corrected chi connectivity index (χ0v) is 20.9. The Labute approximate surface area is 190 Å². The summed E-state index contributed by atoms with van der Waals surface area (Å²) in [5, 5.41) is 7.93. The van der Waals surface area contributed by atoms with Gasteiger partial charge < -0.3 is 15.4 Å². The molecule has 0 fully saturated rings. The van der Waals surface area contributed by atoms with Gasteiger partial charge in [-0.25, -0.2) is 4.98 Å². The Morgan fingerprint density at radius 3 is 2.39 bits per heavy atom. The average molecular weight is 516 g/mol. The van der Waals surface area contributed by atoms with Crippen molar-refractivity contribution in [2.75, 3.05) is 26.7 Å². The molecule has 0 aliphatic rings. The van der Waals surface area contributed by atoms with E-state index in [0.29, 0.717) is 6.54 Å². The number of halogens is 1. The van der Waals surface area contributed by atoms with E-state index in [0.717, 1.165) is 36.9 Å². The van der Waals surface area contributed by atoms with Gasteiger partial charge in [-0.3, -0.25) is 4.99 Å². The number of nitrogens with zero attached hydrogens (tertiary/aromatic N) is 2. The zero-order chi connectivity index (χ0) is 19.9. The van der Waals surface area contributed by atoms with Gasteiger partial charge in [0.2, 0.25) is 0 Å². The van der Waals surface area contributed by atoms with Gasteiger partial charge in [-0.1, -0.05) is 26.0 Å².